The molecule has 2 aromatic rings. The minimum absolute atomic E-state index is 0.257. The Balaban J connectivity index is 2.12. The summed E-state index contributed by atoms with van der Waals surface area (Å²) in [5.74, 6) is 1.39. The van der Waals surface area contributed by atoms with E-state index in [9.17, 15) is 0 Å². The second-order valence-corrected chi connectivity index (χ2v) is 4.78. The maximum absolute atomic E-state index is 5.76. The number of benzene rings is 1. The molecule has 0 fully saturated rings. The lowest BCUT2D eigenvalue weighted by Crippen LogP contribution is -2.04. The average molecular weight is 263 g/mol. The molecule has 1 aromatic carbocycles. The first kappa shape index (κ1) is 12.8. The van der Waals surface area contributed by atoms with Gasteiger partial charge in [-0.15, -0.1) is 0 Å². The van der Waals surface area contributed by atoms with E-state index in [-0.39, 0.29) is 5.28 Å². The van der Waals surface area contributed by atoms with Crippen LogP contribution in [0, 0.1) is 5.92 Å². The predicted molar refractivity (Wildman–Crippen MR) is 72.8 cm³/mol. The molecule has 0 N–H and O–H groups in total. The van der Waals surface area contributed by atoms with Gasteiger partial charge in [0, 0.05) is 11.8 Å². The number of hydrogen-bond donors (Lipinski definition) is 0. The Morgan fingerprint density at radius 1 is 1.17 bits per heavy atom. The molecule has 0 saturated heterocycles. The van der Waals surface area contributed by atoms with E-state index < -0.39 is 0 Å². The molecule has 1 aromatic heterocycles. The standard InChI is InChI=1S/C14H15ClN2O/c1-10(2)9-18-12-5-3-11(4-6-12)13-7-8-16-14(15)17-13/h3-8,10H,9H2,1-2H3. The molecule has 2 rings (SSSR count). The summed E-state index contributed by atoms with van der Waals surface area (Å²) in [5.41, 5.74) is 1.81. The first-order chi connectivity index (χ1) is 8.65. The first-order valence-electron chi connectivity index (χ1n) is 5.87. The molecule has 0 amide bonds. The molecule has 0 aliphatic rings. The summed E-state index contributed by atoms with van der Waals surface area (Å²) in [6.45, 7) is 4.97. The van der Waals surface area contributed by atoms with Gasteiger partial charge in [-0.3, -0.25) is 0 Å². The van der Waals surface area contributed by atoms with Gasteiger partial charge >= 0.3 is 0 Å². The van der Waals surface area contributed by atoms with Gasteiger partial charge in [-0.25, -0.2) is 9.97 Å². The third-order valence-electron chi connectivity index (χ3n) is 2.36. The van der Waals surface area contributed by atoms with E-state index in [1.54, 1.807) is 6.20 Å². The summed E-state index contributed by atoms with van der Waals surface area (Å²) in [4.78, 5) is 8.02. The zero-order valence-electron chi connectivity index (χ0n) is 10.4. The molecule has 4 heteroatoms. The molecule has 3 nitrogen and oxygen atoms in total. The monoisotopic (exact) mass is 262 g/mol. The highest BCUT2D eigenvalue weighted by Gasteiger charge is 2.02. The van der Waals surface area contributed by atoms with Crippen molar-refractivity contribution in [1.82, 2.24) is 9.97 Å². The van der Waals surface area contributed by atoms with Crippen LogP contribution in [-0.2, 0) is 0 Å². The number of rotatable bonds is 4. The van der Waals surface area contributed by atoms with Crippen molar-refractivity contribution >= 4 is 11.6 Å². The van der Waals surface area contributed by atoms with Gasteiger partial charge in [0.1, 0.15) is 5.75 Å². The second kappa shape index (κ2) is 5.83. The van der Waals surface area contributed by atoms with E-state index in [1.807, 2.05) is 30.3 Å². The Morgan fingerprint density at radius 2 is 1.89 bits per heavy atom. The summed E-state index contributed by atoms with van der Waals surface area (Å²) >= 11 is 5.76. The fraction of sp³-hybridized carbons (Fsp3) is 0.286. The van der Waals surface area contributed by atoms with Crippen molar-refractivity contribution < 1.29 is 4.74 Å². The van der Waals surface area contributed by atoms with Crippen molar-refractivity contribution in [2.75, 3.05) is 6.61 Å². The molecule has 0 aliphatic heterocycles. The third kappa shape index (κ3) is 3.44. The Morgan fingerprint density at radius 3 is 2.50 bits per heavy atom. The van der Waals surface area contributed by atoms with Crippen LogP contribution in [0.4, 0.5) is 0 Å². The minimum Gasteiger partial charge on any atom is -0.493 e. The van der Waals surface area contributed by atoms with E-state index in [4.69, 9.17) is 16.3 Å². The lowest BCUT2D eigenvalue weighted by Gasteiger charge is -2.09. The molecule has 0 spiro atoms. The van der Waals surface area contributed by atoms with Gasteiger partial charge in [-0.1, -0.05) is 13.8 Å². The zero-order valence-corrected chi connectivity index (χ0v) is 11.2. The van der Waals surface area contributed by atoms with Crippen LogP contribution in [0.25, 0.3) is 11.3 Å². The van der Waals surface area contributed by atoms with Crippen molar-refractivity contribution in [2.24, 2.45) is 5.92 Å². The van der Waals surface area contributed by atoms with Gasteiger partial charge in [0.2, 0.25) is 5.28 Å². The second-order valence-electron chi connectivity index (χ2n) is 4.44. The van der Waals surface area contributed by atoms with E-state index in [2.05, 4.69) is 23.8 Å². The normalized spacial score (nSPS) is 10.7. The molecule has 0 saturated carbocycles. The first-order valence-corrected chi connectivity index (χ1v) is 6.25. The van der Waals surface area contributed by atoms with Crippen molar-refractivity contribution in [3.63, 3.8) is 0 Å². The summed E-state index contributed by atoms with van der Waals surface area (Å²) in [5, 5.41) is 0.257. The van der Waals surface area contributed by atoms with Crippen molar-refractivity contribution in [1.29, 1.82) is 0 Å². The van der Waals surface area contributed by atoms with Crippen LogP contribution in [-0.4, -0.2) is 16.6 Å². The van der Waals surface area contributed by atoms with Crippen LogP contribution in [0.15, 0.2) is 36.5 Å². The lowest BCUT2D eigenvalue weighted by molar-refractivity contribution is 0.271. The van der Waals surface area contributed by atoms with Crippen molar-refractivity contribution in [2.45, 2.75) is 13.8 Å². The lowest BCUT2D eigenvalue weighted by atomic mass is 10.1. The Bertz CT molecular complexity index is 511. The smallest absolute Gasteiger partial charge is 0.222 e. The highest BCUT2D eigenvalue weighted by atomic mass is 35.5. The Kier molecular flexibility index (Phi) is 4.15. The fourth-order valence-corrected chi connectivity index (χ4v) is 1.63. The van der Waals surface area contributed by atoms with Crippen LogP contribution in [0.5, 0.6) is 5.75 Å². The van der Waals surface area contributed by atoms with Crippen LogP contribution in [0.1, 0.15) is 13.8 Å². The maximum atomic E-state index is 5.76. The molecule has 0 bridgehead atoms. The summed E-state index contributed by atoms with van der Waals surface area (Å²) < 4.78 is 5.62. The fourth-order valence-electron chi connectivity index (χ4n) is 1.48. The van der Waals surface area contributed by atoms with Gasteiger partial charge in [-0.05, 0) is 47.9 Å². The topological polar surface area (TPSA) is 35.0 Å². The molecule has 0 radical (unpaired) electrons. The quantitative estimate of drug-likeness (QED) is 0.786. The van der Waals surface area contributed by atoms with Crippen LogP contribution in [0.2, 0.25) is 5.28 Å². The van der Waals surface area contributed by atoms with Crippen LogP contribution >= 0.6 is 11.6 Å². The largest absolute Gasteiger partial charge is 0.493 e. The van der Waals surface area contributed by atoms with Crippen molar-refractivity contribution in [3.8, 4) is 17.0 Å². The molecule has 94 valence electrons. The van der Waals surface area contributed by atoms with E-state index in [0.717, 1.165) is 23.6 Å². The van der Waals surface area contributed by atoms with Crippen LogP contribution < -0.4 is 4.74 Å². The maximum Gasteiger partial charge on any atom is 0.222 e. The molecule has 18 heavy (non-hydrogen) atoms. The van der Waals surface area contributed by atoms with Gasteiger partial charge < -0.3 is 4.74 Å². The van der Waals surface area contributed by atoms with E-state index >= 15 is 0 Å². The molecule has 0 atom stereocenters. The third-order valence-corrected chi connectivity index (χ3v) is 2.54. The van der Waals surface area contributed by atoms with Crippen LogP contribution in [0.3, 0.4) is 0 Å². The summed E-state index contributed by atoms with van der Waals surface area (Å²) in [6, 6.07) is 9.64. The van der Waals surface area contributed by atoms with E-state index in [1.165, 1.54) is 0 Å². The van der Waals surface area contributed by atoms with Gasteiger partial charge in [0.25, 0.3) is 0 Å². The molecular formula is C14H15ClN2O. The molecule has 1 heterocycles. The Labute approximate surface area is 112 Å². The average Bonchev–Trinajstić information content (AvgIpc) is 2.37. The van der Waals surface area contributed by atoms with Gasteiger partial charge in [-0.2, -0.15) is 0 Å². The summed E-state index contributed by atoms with van der Waals surface area (Å²) in [6.07, 6.45) is 1.65. The number of halogens is 1. The molecule has 0 unspecified atom stereocenters. The number of hydrogen-bond acceptors (Lipinski definition) is 3. The zero-order chi connectivity index (χ0) is 13.0. The predicted octanol–water partition coefficient (Wildman–Crippen LogP) is 3.83. The SMILES string of the molecule is CC(C)COc1ccc(-c2ccnc(Cl)n2)cc1. The number of nitrogens with zero attached hydrogens (tertiary/aromatic N) is 2. The van der Waals surface area contributed by atoms with Gasteiger partial charge in [0.05, 0.1) is 12.3 Å². The highest BCUT2D eigenvalue weighted by Crippen LogP contribution is 2.21. The number of ether oxygens (including phenoxy) is 1. The van der Waals surface area contributed by atoms with Gasteiger partial charge in [0.15, 0.2) is 0 Å². The minimum atomic E-state index is 0.257. The molecular weight excluding hydrogens is 248 g/mol. The van der Waals surface area contributed by atoms with Crippen molar-refractivity contribution in [3.05, 3.63) is 41.8 Å². The summed E-state index contributed by atoms with van der Waals surface area (Å²) in [7, 11) is 0. The van der Waals surface area contributed by atoms with E-state index in [0.29, 0.717) is 5.92 Å². The number of aromatic nitrogens is 2. The Hall–Kier alpha value is -1.61. The molecule has 0 aliphatic carbocycles. The highest BCUT2D eigenvalue weighted by molar-refractivity contribution is 6.28.